The third-order valence-corrected chi connectivity index (χ3v) is 3.39. The van der Waals surface area contributed by atoms with Crippen molar-refractivity contribution in [3.8, 4) is 0 Å². The first-order valence-corrected chi connectivity index (χ1v) is 5.44. The first kappa shape index (κ1) is 11.9. The highest BCUT2D eigenvalue weighted by molar-refractivity contribution is 9.10. The Morgan fingerprint density at radius 3 is 2.50 bits per heavy atom. The molecule has 2 N–H and O–H groups in total. The molecule has 0 bridgehead atoms. The highest BCUT2D eigenvalue weighted by Crippen LogP contribution is 2.18. The summed E-state index contributed by atoms with van der Waals surface area (Å²) in [5.74, 6) is 0.105. The monoisotopic (exact) mass is 235 g/mol. The van der Waals surface area contributed by atoms with Gasteiger partial charge in [-0.15, -0.1) is 0 Å². The molecule has 0 spiro atoms. The van der Waals surface area contributed by atoms with E-state index >= 15 is 0 Å². The Bertz CT molecular complexity index is 138. The van der Waals surface area contributed by atoms with Crippen LogP contribution in [0.2, 0.25) is 0 Å². The van der Waals surface area contributed by atoms with Crippen molar-refractivity contribution in [1.29, 1.82) is 0 Å². The SMILES string of the molecule is CCCCCC(C)C(Br)C(N)=O. The second-order valence-corrected chi connectivity index (χ2v) is 4.26. The lowest BCUT2D eigenvalue weighted by molar-refractivity contribution is -0.118. The zero-order valence-electron chi connectivity index (χ0n) is 7.85. The van der Waals surface area contributed by atoms with Crippen LogP contribution in [0.15, 0.2) is 0 Å². The Hall–Kier alpha value is -0.0500. The van der Waals surface area contributed by atoms with Crippen molar-refractivity contribution in [3.63, 3.8) is 0 Å². The molecular formula is C9H18BrNO. The van der Waals surface area contributed by atoms with Gasteiger partial charge in [0.15, 0.2) is 0 Å². The third-order valence-electron chi connectivity index (χ3n) is 2.03. The standard InChI is InChI=1S/C9H18BrNO/c1-3-4-5-6-7(2)8(10)9(11)12/h7-8H,3-6H2,1-2H3,(H2,11,12). The summed E-state index contributed by atoms with van der Waals surface area (Å²) >= 11 is 3.29. The summed E-state index contributed by atoms with van der Waals surface area (Å²) in [4.78, 5) is 10.6. The van der Waals surface area contributed by atoms with Crippen molar-refractivity contribution in [1.82, 2.24) is 0 Å². The number of carbonyl (C=O) groups is 1. The summed E-state index contributed by atoms with van der Waals surface area (Å²) in [5.41, 5.74) is 5.16. The van der Waals surface area contributed by atoms with E-state index in [1.165, 1.54) is 19.3 Å². The first-order valence-electron chi connectivity index (χ1n) is 4.53. The number of unbranched alkanes of at least 4 members (excludes halogenated alkanes) is 2. The molecule has 0 rings (SSSR count). The molecule has 0 saturated heterocycles. The Morgan fingerprint density at radius 1 is 1.50 bits per heavy atom. The zero-order valence-corrected chi connectivity index (χ0v) is 9.43. The summed E-state index contributed by atoms with van der Waals surface area (Å²) in [5, 5.41) is 0. The molecule has 2 unspecified atom stereocenters. The number of primary amides is 1. The largest absolute Gasteiger partial charge is 0.369 e. The fraction of sp³-hybridized carbons (Fsp3) is 0.889. The summed E-state index contributed by atoms with van der Waals surface area (Å²) in [6.07, 6.45) is 4.72. The van der Waals surface area contributed by atoms with Crippen molar-refractivity contribution in [3.05, 3.63) is 0 Å². The normalized spacial score (nSPS) is 15.6. The smallest absolute Gasteiger partial charge is 0.231 e. The molecule has 2 nitrogen and oxygen atoms in total. The summed E-state index contributed by atoms with van der Waals surface area (Å²) in [6.45, 7) is 4.23. The second kappa shape index (κ2) is 6.46. The van der Waals surface area contributed by atoms with Gasteiger partial charge in [0.1, 0.15) is 0 Å². The van der Waals surface area contributed by atoms with Gasteiger partial charge in [-0.25, -0.2) is 0 Å². The molecule has 0 radical (unpaired) electrons. The first-order chi connectivity index (χ1) is 5.59. The van der Waals surface area contributed by atoms with E-state index in [2.05, 4.69) is 29.8 Å². The van der Waals surface area contributed by atoms with Gasteiger partial charge < -0.3 is 5.73 Å². The molecule has 0 aromatic rings. The van der Waals surface area contributed by atoms with Crippen molar-refractivity contribution in [2.75, 3.05) is 0 Å². The lowest BCUT2D eigenvalue weighted by Crippen LogP contribution is -2.28. The Kier molecular flexibility index (Phi) is 6.44. The number of halogens is 1. The van der Waals surface area contributed by atoms with Crippen LogP contribution >= 0.6 is 15.9 Å². The van der Waals surface area contributed by atoms with E-state index < -0.39 is 0 Å². The average molecular weight is 236 g/mol. The van der Waals surface area contributed by atoms with Crippen LogP contribution < -0.4 is 5.73 Å². The molecule has 0 fully saturated rings. The van der Waals surface area contributed by atoms with Gasteiger partial charge in [-0.3, -0.25) is 4.79 Å². The van der Waals surface area contributed by atoms with Gasteiger partial charge in [-0.2, -0.15) is 0 Å². The minimum atomic E-state index is -0.251. The minimum Gasteiger partial charge on any atom is -0.369 e. The van der Waals surface area contributed by atoms with Gasteiger partial charge in [-0.05, 0) is 12.3 Å². The quantitative estimate of drug-likeness (QED) is 0.558. The molecule has 0 aliphatic rings. The molecule has 0 aliphatic carbocycles. The lowest BCUT2D eigenvalue weighted by atomic mass is 10.00. The van der Waals surface area contributed by atoms with Crippen LogP contribution in [0.1, 0.15) is 39.5 Å². The number of nitrogens with two attached hydrogens (primary N) is 1. The van der Waals surface area contributed by atoms with Gasteiger partial charge in [0.2, 0.25) is 5.91 Å². The Morgan fingerprint density at radius 2 is 2.08 bits per heavy atom. The molecule has 3 heteroatoms. The number of hydrogen-bond acceptors (Lipinski definition) is 1. The van der Waals surface area contributed by atoms with Crippen molar-refractivity contribution < 1.29 is 4.79 Å². The molecule has 2 atom stereocenters. The highest BCUT2D eigenvalue weighted by atomic mass is 79.9. The van der Waals surface area contributed by atoms with Crippen molar-refractivity contribution in [2.24, 2.45) is 11.7 Å². The van der Waals surface area contributed by atoms with Crippen LogP contribution in [0.5, 0.6) is 0 Å². The number of hydrogen-bond donors (Lipinski definition) is 1. The van der Waals surface area contributed by atoms with E-state index in [1.54, 1.807) is 0 Å². The molecule has 0 aromatic heterocycles. The lowest BCUT2D eigenvalue weighted by Gasteiger charge is -2.14. The Labute approximate surface area is 83.0 Å². The average Bonchev–Trinajstić information content (AvgIpc) is 2.03. The maximum Gasteiger partial charge on any atom is 0.231 e. The maximum atomic E-state index is 10.7. The number of carbonyl (C=O) groups excluding carboxylic acids is 1. The van der Waals surface area contributed by atoms with Crippen LogP contribution in [-0.2, 0) is 4.79 Å². The molecule has 0 saturated carbocycles. The van der Waals surface area contributed by atoms with Gasteiger partial charge in [-0.1, -0.05) is 49.0 Å². The minimum absolute atomic E-state index is 0.158. The van der Waals surface area contributed by atoms with Crippen LogP contribution in [0.3, 0.4) is 0 Å². The van der Waals surface area contributed by atoms with Crippen LogP contribution in [-0.4, -0.2) is 10.7 Å². The fourth-order valence-corrected chi connectivity index (χ4v) is 1.41. The van der Waals surface area contributed by atoms with Crippen molar-refractivity contribution >= 4 is 21.8 Å². The van der Waals surface area contributed by atoms with Crippen LogP contribution in [0.25, 0.3) is 0 Å². The van der Waals surface area contributed by atoms with E-state index in [0.29, 0.717) is 5.92 Å². The van der Waals surface area contributed by atoms with Gasteiger partial charge in [0.05, 0.1) is 4.83 Å². The van der Waals surface area contributed by atoms with E-state index in [9.17, 15) is 4.79 Å². The van der Waals surface area contributed by atoms with Gasteiger partial charge in [0.25, 0.3) is 0 Å². The van der Waals surface area contributed by atoms with Crippen LogP contribution in [0.4, 0.5) is 0 Å². The van der Waals surface area contributed by atoms with E-state index in [4.69, 9.17) is 5.73 Å². The maximum absolute atomic E-state index is 10.7. The van der Waals surface area contributed by atoms with Crippen molar-refractivity contribution in [2.45, 2.75) is 44.4 Å². The molecule has 0 aromatic carbocycles. The predicted octanol–water partition coefficient (Wildman–Crippen LogP) is 2.45. The Balaban J connectivity index is 3.56. The topological polar surface area (TPSA) is 43.1 Å². The molecule has 72 valence electrons. The van der Waals surface area contributed by atoms with Crippen LogP contribution in [0, 0.1) is 5.92 Å². The number of alkyl halides is 1. The third kappa shape index (κ3) is 4.75. The summed E-state index contributed by atoms with van der Waals surface area (Å²) in [6, 6.07) is 0. The number of amides is 1. The molecule has 0 aliphatic heterocycles. The molecular weight excluding hydrogens is 218 g/mol. The molecule has 1 amide bonds. The molecule has 0 heterocycles. The number of rotatable bonds is 6. The predicted molar refractivity (Wildman–Crippen MR) is 55.2 cm³/mol. The van der Waals surface area contributed by atoms with E-state index in [-0.39, 0.29) is 10.7 Å². The van der Waals surface area contributed by atoms with Gasteiger partial charge >= 0.3 is 0 Å². The second-order valence-electron chi connectivity index (χ2n) is 3.28. The zero-order chi connectivity index (χ0) is 9.56. The fourth-order valence-electron chi connectivity index (χ4n) is 1.14. The summed E-state index contributed by atoms with van der Waals surface area (Å²) in [7, 11) is 0. The summed E-state index contributed by atoms with van der Waals surface area (Å²) < 4.78 is 0. The van der Waals surface area contributed by atoms with Gasteiger partial charge in [0, 0.05) is 0 Å². The van der Waals surface area contributed by atoms with E-state index in [0.717, 1.165) is 6.42 Å². The molecule has 12 heavy (non-hydrogen) atoms. The van der Waals surface area contributed by atoms with E-state index in [1.807, 2.05) is 0 Å². The highest BCUT2D eigenvalue weighted by Gasteiger charge is 2.18.